The van der Waals surface area contributed by atoms with Crippen LogP contribution in [0.15, 0.2) is 10.9 Å². The van der Waals surface area contributed by atoms with Gasteiger partial charge in [0, 0.05) is 37.3 Å². The van der Waals surface area contributed by atoms with Gasteiger partial charge in [0.2, 0.25) is 0 Å². The second-order valence-electron chi connectivity index (χ2n) is 4.15. The van der Waals surface area contributed by atoms with E-state index in [1.54, 1.807) is 0 Å². The summed E-state index contributed by atoms with van der Waals surface area (Å²) < 4.78 is 0. The topological polar surface area (TPSA) is 48.1 Å². The normalized spacial score (nSPS) is 16.4. The largest absolute Gasteiger partial charge is 0.326 e. The molecule has 2 N–H and O–H groups in total. The molecule has 0 bridgehead atoms. The lowest BCUT2D eigenvalue weighted by Gasteiger charge is -2.24. The maximum absolute atomic E-state index is 11.7. The van der Waals surface area contributed by atoms with E-state index in [4.69, 9.17) is 0 Å². The van der Waals surface area contributed by atoms with Gasteiger partial charge >= 0.3 is 0 Å². The smallest absolute Gasteiger partial charge is 0.252 e. The summed E-state index contributed by atoms with van der Waals surface area (Å²) in [6.07, 6.45) is 0.945. The van der Waals surface area contributed by atoms with E-state index in [0.29, 0.717) is 6.54 Å². The Balaban J connectivity index is 2.38. The Hall–Kier alpha value is -1.13. The van der Waals surface area contributed by atoms with Crippen LogP contribution in [0.25, 0.3) is 0 Å². The van der Waals surface area contributed by atoms with Crippen LogP contribution in [0, 0.1) is 0 Å². The summed E-state index contributed by atoms with van der Waals surface area (Å²) in [5.74, 6) is 0. The monoisotopic (exact) mass is 207 g/mol. The first-order valence-electron chi connectivity index (χ1n) is 5.28. The molecule has 0 aliphatic carbocycles. The summed E-state index contributed by atoms with van der Waals surface area (Å²) in [5, 5.41) is 3.01. The standard InChI is InChI=1S/C11H17N3O/c1-12-6-8-5-9-7-14(2)4-3-10(9)13-11(8)15/h5,12H,3-4,6-7H2,1-2H3,(H,13,15). The van der Waals surface area contributed by atoms with Crippen molar-refractivity contribution in [2.45, 2.75) is 19.5 Å². The molecule has 2 rings (SSSR count). The molecule has 2 heterocycles. The number of pyridine rings is 1. The highest BCUT2D eigenvalue weighted by atomic mass is 16.1. The molecule has 0 amide bonds. The second kappa shape index (κ2) is 4.16. The molecule has 1 aromatic heterocycles. The van der Waals surface area contributed by atoms with E-state index in [-0.39, 0.29) is 5.56 Å². The van der Waals surface area contributed by atoms with Gasteiger partial charge in [-0.1, -0.05) is 0 Å². The van der Waals surface area contributed by atoms with Crippen molar-refractivity contribution in [1.29, 1.82) is 0 Å². The van der Waals surface area contributed by atoms with Gasteiger partial charge in [-0.25, -0.2) is 0 Å². The van der Waals surface area contributed by atoms with Gasteiger partial charge in [0.15, 0.2) is 0 Å². The van der Waals surface area contributed by atoms with Crippen molar-refractivity contribution in [2.24, 2.45) is 0 Å². The van der Waals surface area contributed by atoms with E-state index >= 15 is 0 Å². The maximum Gasteiger partial charge on any atom is 0.252 e. The van der Waals surface area contributed by atoms with Crippen LogP contribution in [-0.4, -0.2) is 30.5 Å². The molecule has 4 heteroatoms. The first-order chi connectivity index (χ1) is 7.20. The van der Waals surface area contributed by atoms with Crippen LogP contribution in [-0.2, 0) is 19.5 Å². The number of hydrogen-bond acceptors (Lipinski definition) is 3. The van der Waals surface area contributed by atoms with Crippen molar-refractivity contribution in [3.8, 4) is 0 Å². The SMILES string of the molecule is CNCc1cc2c([nH]c1=O)CCN(C)C2. The Morgan fingerprint density at radius 3 is 3.13 bits per heavy atom. The number of fused-ring (bicyclic) bond motifs is 1. The van der Waals surface area contributed by atoms with E-state index in [0.717, 1.165) is 30.8 Å². The minimum absolute atomic E-state index is 0.0488. The minimum Gasteiger partial charge on any atom is -0.326 e. The van der Waals surface area contributed by atoms with Gasteiger partial charge in [0.25, 0.3) is 5.56 Å². The van der Waals surface area contributed by atoms with Crippen molar-refractivity contribution in [3.05, 3.63) is 33.2 Å². The Morgan fingerprint density at radius 1 is 1.60 bits per heavy atom. The molecule has 0 fully saturated rings. The molecule has 4 nitrogen and oxygen atoms in total. The Labute approximate surface area is 89.3 Å². The first-order valence-corrected chi connectivity index (χ1v) is 5.28. The van der Waals surface area contributed by atoms with Gasteiger partial charge in [-0.15, -0.1) is 0 Å². The maximum atomic E-state index is 11.7. The molecule has 0 unspecified atom stereocenters. The molecule has 1 aromatic rings. The van der Waals surface area contributed by atoms with Gasteiger partial charge in [0.05, 0.1) is 0 Å². The second-order valence-corrected chi connectivity index (χ2v) is 4.15. The fourth-order valence-electron chi connectivity index (χ4n) is 2.02. The summed E-state index contributed by atoms with van der Waals surface area (Å²) in [6.45, 7) is 2.59. The molecule has 15 heavy (non-hydrogen) atoms. The van der Waals surface area contributed by atoms with Crippen molar-refractivity contribution in [3.63, 3.8) is 0 Å². The zero-order chi connectivity index (χ0) is 10.8. The van der Waals surface area contributed by atoms with Gasteiger partial charge < -0.3 is 15.2 Å². The molecular formula is C11H17N3O. The highest BCUT2D eigenvalue weighted by Gasteiger charge is 2.15. The van der Waals surface area contributed by atoms with Crippen molar-refractivity contribution in [2.75, 3.05) is 20.6 Å². The van der Waals surface area contributed by atoms with E-state index < -0.39 is 0 Å². The van der Waals surface area contributed by atoms with Crippen LogP contribution >= 0.6 is 0 Å². The van der Waals surface area contributed by atoms with Gasteiger partial charge in [0.1, 0.15) is 0 Å². The fraction of sp³-hybridized carbons (Fsp3) is 0.545. The van der Waals surface area contributed by atoms with E-state index in [9.17, 15) is 4.79 Å². The summed E-state index contributed by atoms with van der Waals surface area (Å²) in [6, 6.07) is 2.03. The van der Waals surface area contributed by atoms with Crippen LogP contribution in [0.2, 0.25) is 0 Å². The molecule has 0 radical (unpaired) electrons. The van der Waals surface area contributed by atoms with Crippen LogP contribution in [0.3, 0.4) is 0 Å². The Kier molecular flexibility index (Phi) is 2.88. The number of nitrogens with one attached hydrogen (secondary N) is 2. The van der Waals surface area contributed by atoms with E-state index in [2.05, 4.69) is 22.2 Å². The fourth-order valence-corrected chi connectivity index (χ4v) is 2.02. The van der Waals surface area contributed by atoms with Crippen LogP contribution in [0.1, 0.15) is 16.8 Å². The van der Waals surface area contributed by atoms with E-state index in [1.165, 1.54) is 5.56 Å². The molecular weight excluding hydrogens is 190 g/mol. The van der Waals surface area contributed by atoms with Crippen molar-refractivity contribution < 1.29 is 0 Å². The lowest BCUT2D eigenvalue weighted by molar-refractivity contribution is 0.309. The molecule has 0 atom stereocenters. The summed E-state index contributed by atoms with van der Waals surface area (Å²) in [4.78, 5) is 16.9. The number of aromatic amines is 1. The minimum atomic E-state index is 0.0488. The predicted octanol–water partition coefficient (Wildman–Crippen LogP) is 0.0822. The highest BCUT2D eigenvalue weighted by Crippen LogP contribution is 2.14. The average molecular weight is 207 g/mol. The lowest BCUT2D eigenvalue weighted by Crippen LogP contribution is -2.30. The zero-order valence-electron chi connectivity index (χ0n) is 9.26. The molecule has 0 saturated heterocycles. The molecule has 0 aromatic carbocycles. The lowest BCUT2D eigenvalue weighted by atomic mass is 10.0. The summed E-state index contributed by atoms with van der Waals surface area (Å²) in [7, 11) is 3.96. The van der Waals surface area contributed by atoms with E-state index in [1.807, 2.05) is 13.1 Å². The Bertz CT molecular complexity index is 411. The molecule has 0 saturated carbocycles. The molecule has 0 spiro atoms. The first kappa shape index (κ1) is 10.4. The average Bonchev–Trinajstić information content (AvgIpc) is 2.20. The zero-order valence-corrected chi connectivity index (χ0v) is 9.26. The number of likely N-dealkylation sites (N-methyl/N-ethyl adjacent to an activating group) is 1. The molecule has 1 aliphatic heterocycles. The van der Waals surface area contributed by atoms with Crippen LogP contribution in [0.4, 0.5) is 0 Å². The van der Waals surface area contributed by atoms with Crippen LogP contribution < -0.4 is 10.9 Å². The number of rotatable bonds is 2. The summed E-state index contributed by atoms with van der Waals surface area (Å²) in [5.41, 5.74) is 3.24. The molecule has 82 valence electrons. The van der Waals surface area contributed by atoms with Gasteiger partial charge in [-0.3, -0.25) is 4.79 Å². The predicted molar refractivity (Wildman–Crippen MR) is 59.9 cm³/mol. The van der Waals surface area contributed by atoms with Crippen molar-refractivity contribution in [1.82, 2.24) is 15.2 Å². The summed E-state index contributed by atoms with van der Waals surface area (Å²) >= 11 is 0. The Morgan fingerprint density at radius 2 is 2.40 bits per heavy atom. The third-order valence-corrected chi connectivity index (χ3v) is 2.84. The quantitative estimate of drug-likeness (QED) is 0.722. The van der Waals surface area contributed by atoms with Gasteiger partial charge in [-0.2, -0.15) is 0 Å². The third kappa shape index (κ3) is 2.11. The van der Waals surface area contributed by atoms with Crippen LogP contribution in [0.5, 0.6) is 0 Å². The third-order valence-electron chi connectivity index (χ3n) is 2.84. The molecule has 1 aliphatic rings. The number of H-pyrrole nitrogens is 1. The van der Waals surface area contributed by atoms with Gasteiger partial charge in [-0.05, 0) is 25.7 Å². The number of hydrogen-bond donors (Lipinski definition) is 2. The highest BCUT2D eigenvalue weighted by molar-refractivity contribution is 5.27. The number of aromatic nitrogens is 1. The number of nitrogens with zero attached hydrogens (tertiary/aromatic N) is 1. The van der Waals surface area contributed by atoms with Crippen molar-refractivity contribution >= 4 is 0 Å².